The maximum absolute atomic E-state index is 11.8. The normalized spacial score (nSPS) is 27.2. The Balaban J connectivity index is 2.00. The lowest BCUT2D eigenvalue weighted by Gasteiger charge is -2.16. The predicted octanol–water partition coefficient (Wildman–Crippen LogP) is 2.21. The molecule has 3 atom stereocenters. The van der Waals surface area contributed by atoms with Crippen LogP contribution in [0.1, 0.15) is 16.8 Å². The van der Waals surface area contributed by atoms with Crippen molar-refractivity contribution in [3.05, 3.63) is 34.9 Å². The van der Waals surface area contributed by atoms with Gasteiger partial charge in [0, 0.05) is 11.4 Å². The lowest BCUT2D eigenvalue weighted by atomic mass is 10.2. The van der Waals surface area contributed by atoms with Crippen molar-refractivity contribution in [1.29, 1.82) is 0 Å². The Labute approximate surface area is 114 Å². The molecule has 1 aromatic carbocycles. The number of aliphatic hydroxyl groups is 1. The van der Waals surface area contributed by atoms with Crippen LogP contribution in [0.5, 0.6) is 0 Å². The molecule has 0 aromatic heterocycles. The summed E-state index contributed by atoms with van der Waals surface area (Å²) < 4.78 is 10.5. The molecule has 1 fully saturated rings. The molecule has 0 spiro atoms. The number of halogens is 2. The number of ether oxygens (including phenoxy) is 2. The van der Waals surface area contributed by atoms with E-state index in [0.717, 1.165) is 0 Å². The lowest BCUT2D eigenvalue weighted by molar-refractivity contribution is -0.0232. The predicted molar refractivity (Wildman–Crippen MR) is 66.9 cm³/mol. The van der Waals surface area contributed by atoms with Gasteiger partial charge in [0.05, 0.1) is 12.2 Å². The van der Waals surface area contributed by atoms with Gasteiger partial charge in [0.15, 0.2) is 0 Å². The van der Waals surface area contributed by atoms with Gasteiger partial charge in [-0.1, -0.05) is 23.2 Å². The van der Waals surface area contributed by atoms with Crippen LogP contribution in [0.15, 0.2) is 24.3 Å². The molecule has 1 N–H and O–H groups in total. The zero-order valence-corrected chi connectivity index (χ0v) is 10.9. The van der Waals surface area contributed by atoms with Gasteiger partial charge in [0.25, 0.3) is 0 Å². The van der Waals surface area contributed by atoms with Crippen molar-refractivity contribution < 1.29 is 19.4 Å². The molecular weight excluding hydrogens is 279 g/mol. The Hall–Kier alpha value is -0.810. The summed E-state index contributed by atoms with van der Waals surface area (Å²) in [6.45, 7) is -0.234. The minimum absolute atomic E-state index is 0.234. The third kappa shape index (κ3) is 3.14. The van der Waals surface area contributed by atoms with E-state index in [1.54, 1.807) is 24.3 Å². The van der Waals surface area contributed by atoms with E-state index in [9.17, 15) is 4.79 Å². The van der Waals surface area contributed by atoms with Crippen molar-refractivity contribution in [3.63, 3.8) is 0 Å². The zero-order valence-electron chi connectivity index (χ0n) is 9.38. The summed E-state index contributed by atoms with van der Waals surface area (Å²) in [6.07, 6.45) is -0.726. The quantitative estimate of drug-likeness (QED) is 0.685. The summed E-state index contributed by atoms with van der Waals surface area (Å²) in [5, 5.41) is 9.63. The summed E-state index contributed by atoms with van der Waals surface area (Å²) in [5.41, 5.74) is -0.140. The van der Waals surface area contributed by atoms with E-state index in [1.807, 2.05) is 0 Å². The third-order valence-electron chi connectivity index (χ3n) is 2.67. The van der Waals surface area contributed by atoms with E-state index in [0.29, 0.717) is 17.0 Å². The minimum Gasteiger partial charge on any atom is -0.456 e. The van der Waals surface area contributed by atoms with Crippen LogP contribution in [-0.4, -0.2) is 35.5 Å². The SMILES string of the molecule is O=C(O[C@H]1CC(Cl)O[C@@H]1CO)c1ccc(Cl)cc1. The Morgan fingerprint density at radius 1 is 1.44 bits per heavy atom. The topological polar surface area (TPSA) is 55.8 Å². The fourth-order valence-electron chi connectivity index (χ4n) is 1.74. The standard InChI is InChI=1S/C12H12Cl2O4/c13-8-3-1-7(2-4-8)12(16)18-9-5-11(14)17-10(9)6-15/h1-4,9-11,15H,5-6H2/t9-,10+,11?/m0/s1. The van der Waals surface area contributed by atoms with Crippen molar-refractivity contribution in [2.45, 2.75) is 24.2 Å². The number of hydrogen-bond donors (Lipinski definition) is 1. The van der Waals surface area contributed by atoms with Crippen LogP contribution in [0.2, 0.25) is 5.02 Å². The highest BCUT2D eigenvalue weighted by molar-refractivity contribution is 6.30. The molecule has 1 aliphatic heterocycles. The first-order valence-corrected chi connectivity index (χ1v) is 6.28. The molecule has 0 aliphatic carbocycles. The summed E-state index contributed by atoms with van der Waals surface area (Å²) >= 11 is 11.5. The second-order valence-electron chi connectivity index (χ2n) is 3.95. The summed E-state index contributed by atoms with van der Waals surface area (Å²) in [6, 6.07) is 6.37. The molecule has 4 nitrogen and oxygen atoms in total. The van der Waals surface area contributed by atoms with Crippen molar-refractivity contribution in [2.24, 2.45) is 0 Å². The number of carbonyl (C=O) groups excluding carboxylic acids is 1. The highest BCUT2D eigenvalue weighted by Crippen LogP contribution is 2.26. The Kier molecular flexibility index (Phi) is 4.45. The van der Waals surface area contributed by atoms with Gasteiger partial charge in [-0.3, -0.25) is 0 Å². The molecule has 98 valence electrons. The van der Waals surface area contributed by atoms with Gasteiger partial charge in [0.1, 0.15) is 17.8 Å². The molecule has 0 bridgehead atoms. The molecule has 1 aliphatic rings. The molecule has 2 rings (SSSR count). The van der Waals surface area contributed by atoms with Crippen molar-refractivity contribution >= 4 is 29.2 Å². The average molecular weight is 291 g/mol. The second kappa shape index (κ2) is 5.89. The fourth-order valence-corrected chi connectivity index (χ4v) is 2.18. The van der Waals surface area contributed by atoms with E-state index in [1.165, 1.54) is 0 Å². The van der Waals surface area contributed by atoms with Crippen LogP contribution in [0.4, 0.5) is 0 Å². The summed E-state index contributed by atoms with van der Waals surface area (Å²) in [5.74, 6) is -0.482. The number of benzene rings is 1. The zero-order chi connectivity index (χ0) is 13.1. The van der Waals surface area contributed by atoms with Crippen LogP contribution < -0.4 is 0 Å². The molecule has 1 saturated heterocycles. The van der Waals surface area contributed by atoms with Gasteiger partial charge in [-0.05, 0) is 24.3 Å². The van der Waals surface area contributed by atoms with Crippen molar-refractivity contribution in [1.82, 2.24) is 0 Å². The Morgan fingerprint density at radius 3 is 2.72 bits per heavy atom. The van der Waals surface area contributed by atoms with Crippen molar-refractivity contribution in [2.75, 3.05) is 6.61 Å². The highest BCUT2D eigenvalue weighted by atomic mass is 35.5. The number of aliphatic hydroxyl groups excluding tert-OH is 1. The van der Waals surface area contributed by atoms with Crippen LogP contribution >= 0.6 is 23.2 Å². The number of hydrogen-bond acceptors (Lipinski definition) is 4. The van der Waals surface area contributed by atoms with Gasteiger partial charge >= 0.3 is 5.97 Å². The van der Waals surface area contributed by atoms with Crippen molar-refractivity contribution in [3.8, 4) is 0 Å². The number of alkyl halides is 1. The molecule has 1 aromatic rings. The van der Waals surface area contributed by atoms with Gasteiger partial charge in [-0.2, -0.15) is 0 Å². The molecule has 1 unspecified atom stereocenters. The van der Waals surface area contributed by atoms with Crippen LogP contribution in [-0.2, 0) is 9.47 Å². The largest absolute Gasteiger partial charge is 0.456 e. The van der Waals surface area contributed by atoms with Crippen LogP contribution in [0.25, 0.3) is 0 Å². The van der Waals surface area contributed by atoms with Gasteiger partial charge in [-0.15, -0.1) is 0 Å². The smallest absolute Gasteiger partial charge is 0.338 e. The lowest BCUT2D eigenvalue weighted by Crippen LogP contribution is -2.30. The van der Waals surface area contributed by atoms with Crippen LogP contribution in [0, 0.1) is 0 Å². The third-order valence-corrected chi connectivity index (χ3v) is 3.21. The number of esters is 1. The summed E-state index contributed by atoms with van der Waals surface area (Å²) in [7, 11) is 0. The first-order valence-electron chi connectivity index (χ1n) is 5.47. The Bertz CT molecular complexity index is 421. The van der Waals surface area contributed by atoms with Gasteiger partial charge in [-0.25, -0.2) is 4.79 Å². The van der Waals surface area contributed by atoms with E-state index in [-0.39, 0.29) is 6.61 Å². The Morgan fingerprint density at radius 2 is 2.11 bits per heavy atom. The average Bonchev–Trinajstić information content (AvgIpc) is 2.70. The molecule has 6 heteroatoms. The maximum Gasteiger partial charge on any atom is 0.338 e. The number of rotatable bonds is 3. The molecule has 0 amide bonds. The maximum atomic E-state index is 11.8. The fraction of sp³-hybridized carbons (Fsp3) is 0.417. The monoisotopic (exact) mass is 290 g/mol. The second-order valence-corrected chi connectivity index (χ2v) is 4.88. The van der Waals surface area contributed by atoms with E-state index < -0.39 is 23.7 Å². The van der Waals surface area contributed by atoms with Gasteiger partial charge in [0.2, 0.25) is 0 Å². The van der Waals surface area contributed by atoms with Gasteiger partial charge < -0.3 is 14.6 Å². The molecular formula is C12H12Cl2O4. The molecule has 0 saturated carbocycles. The van der Waals surface area contributed by atoms with Crippen LogP contribution in [0.3, 0.4) is 0 Å². The highest BCUT2D eigenvalue weighted by Gasteiger charge is 2.36. The minimum atomic E-state index is -0.566. The first-order chi connectivity index (χ1) is 8.60. The van der Waals surface area contributed by atoms with E-state index in [2.05, 4.69) is 0 Å². The van der Waals surface area contributed by atoms with E-state index in [4.69, 9.17) is 37.8 Å². The molecule has 0 radical (unpaired) electrons. The number of carbonyl (C=O) groups is 1. The van der Waals surface area contributed by atoms with E-state index >= 15 is 0 Å². The summed E-state index contributed by atoms with van der Waals surface area (Å²) in [4.78, 5) is 11.8. The molecule has 1 heterocycles. The molecule has 18 heavy (non-hydrogen) atoms. The first kappa shape index (κ1) is 13.6.